The highest BCUT2D eigenvalue weighted by Crippen LogP contribution is 2.27. The van der Waals surface area contributed by atoms with Crippen molar-refractivity contribution < 1.29 is 9.53 Å². The van der Waals surface area contributed by atoms with Gasteiger partial charge in [0.05, 0.1) is 16.2 Å². The lowest BCUT2D eigenvalue weighted by Gasteiger charge is -2.18. The summed E-state index contributed by atoms with van der Waals surface area (Å²) in [5.41, 5.74) is 2.26. The number of thioether (sulfide) groups is 1. The molecule has 33 heavy (non-hydrogen) atoms. The third kappa shape index (κ3) is 6.37. The van der Waals surface area contributed by atoms with Crippen molar-refractivity contribution in [3.05, 3.63) is 63.4 Å². The fourth-order valence-electron chi connectivity index (χ4n) is 3.49. The molecule has 1 heterocycles. The number of hydrogen-bond acceptors (Lipinski definition) is 5. The predicted octanol–water partition coefficient (Wildman–Crippen LogP) is 5.72. The average molecular weight is 488 g/mol. The largest absolute Gasteiger partial charge is 0.382 e. The summed E-state index contributed by atoms with van der Waals surface area (Å²) in [4.78, 5) is 30.9. The second-order valence-corrected chi connectivity index (χ2v) is 9.80. The van der Waals surface area contributed by atoms with Crippen LogP contribution >= 0.6 is 23.4 Å². The highest BCUT2D eigenvalue weighted by Gasteiger charge is 2.21. The highest BCUT2D eigenvalue weighted by molar-refractivity contribution is 8.00. The van der Waals surface area contributed by atoms with E-state index < -0.39 is 5.25 Å². The number of nitrogens with zero attached hydrogens (tertiary/aromatic N) is 2. The van der Waals surface area contributed by atoms with Gasteiger partial charge in [-0.25, -0.2) is 4.98 Å². The lowest BCUT2D eigenvalue weighted by molar-refractivity contribution is -0.115. The van der Waals surface area contributed by atoms with Crippen molar-refractivity contribution in [2.24, 2.45) is 0 Å². The number of amides is 1. The van der Waals surface area contributed by atoms with Gasteiger partial charge in [0, 0.05) is 30.5 Å². The van der Waals surface area contributed by atoms with Gasteiger partial charge in [0.15, 0.2) is 5.16 Å². The minimum atomic E-state index is -0.466. The topological polar surface area (TPSA) is 73.2 Å². The molecule has 0 aliphatic carbocycles. The first kappa shape index (κ1) is 25.3. The van der Waals surface area contributed by atoms with E-state index in [0.717, 1.165) is 11.3 Å². The molecular weight excluding hydrogens is 458 g/mol. The smallest absolute Gasteiger partial charge is 0.262 e. The fourth-order valence-corrected chi connectivity index (χ4v) is 4.59. The second kappa shape index (κ2) is 11.7. The van der Waals surface area contributed by atoms with Crippen LogP contribution in [0.2, 0.25) is 5.02 Å². The van der Waals surface area contributed by atoms with Crippen molar-refractivity contribution >= 4 is 45.9 Å². The van der Waals surface area contributed by atoms with Crippen LogP contribution < -0.4 is 10.9 Å². The maximum Gasteiger partial charge on any atom is 0.262 e. The first-order chi connectivity index (χ1) is 15.8. The number of ether oxygens (including phenoxy) is 1. The number of hydrogen-bond donors (Lipinski definition) is 1. The molecule has 0 saturated heterocycles. The molecule has 176 valence electrons. The molecule has 1 amide bonds. The lowest BCUT2D eigenvalue weighted by atomic mass is 10.0. The number of fused-ring (bicyclic) bond motifs is 1. The molecule has 8 heteroatoms. The number of halogens is 1. The summed E-state index contributed by atoms with van der Waals surface area (Å²) in [6.07, 6.45) is 0.671. The Kier molecular flexibility index (Phi) is 8.95. The zero-order valence-corrected chi connectivity index (χ0v) is 21.0. The zero-order chi connectivity index (χ0) is 24.0. The first-order valence-corrected chi connectivity index (χ1v) is 12.4. The number of carbonyl (C=O) groups is 1. The summed E-state index contributed by atoms with van der Waals surface area (Å²) in [5, 5.41) is 4.07. The maximum atomic E-state index is 13.2. The fraction of sp³-hybridized carbons (Fsp3) is 0.400. The Morgan fingerprint density at radius 3 is 2.70 bits per heavy atom. The quantitative estimate of drug-likeness (QED) is 0.225. The maximum absolute atomic E-state index is 13.2. The van der Waals surface area contributed by atoms with E-state index >= 15 is 0 Å². The average Bonchev–Trinajstić information content (AvgIpc) is 2.78. The third-order valence-electron chi connectivity index (χ3n) is 5.25. The van der Waals surface area contributed by atoms with Crippen molar-refractivity contribution in [1.82, 2.24) is 9.55 Å². The molecule has 2 aromatic carbocycles. The van der Waals surface area contributed by atoms with Crippen LogP contribution in [0.25, 0.3) is 10.9 Å². The number of benzene rings is 2. The van der Waals surface area contributed by atoms with Crippen molar-refractivity contribution in [2.75, 3.05) is 18.5 Å². The van der Waals surface area contributed by atoms with Gasteiger partial charge < -0.3 is 10.1 Å². The first-order valence-electron chi connectivity index (χ1n) is 11.2. The molecule has 3 aromatic rings. The SMILES string of the molecule is CCOCCCn1c(SC(C)C(=O)Nc2ccccc2C(C)C)nc2cc(Cl)ccc2c1=O. The van der Waals surface area contributed by atoms with Gasteiger partial charge in [0.25, 0.3) is 5.56 Å². The minimum Gasteiger partial charge on any atom is -0.382 e. The summed E-state index contributed by atoms with van der Waals surface area (Å²) in [6.45, 7) is 9.57. The Balaban J connectivity index is 1.88. The summed E-state index contributed by atoms with van der Waals surface area (Å²) in [5.74, 6) is 0.140. The van der Waals surface area contributed by atoms with Crippen LogP contribution in [-0.2, 0) is 16.1 Å². The molecule has 1 aromatic heterocycles. The van der Waals surface area contributed by atoms with E-state index in [1.807, 2.05) is 38.1 Å². The van der Waals surface area contributed by atoms with Crippen LogP contribution in [0.3, 0.4) is 0 Å². The van der Waals surface area contributed by atoms with Gasteiger partial charge >= 0.3 is 0 Å². The third-order valence-corrected chi connectivity index (χ3v) is 6.57. The Morgan fingerprint density at radius 2 is 1.97 bits per heavy atom. The molecule has 0 aliphatic heterocycles. The number of rotatable bonds is 10. The van der Waals surface area contributed by atoms with E-state index in [-0.39, 0.29) is 17.4 Å². The Morgan fingerprint density at radius 1 is 1.21 bits per heavy atom. The van der Waals surface area contributed by atoms with E-state index in [2.05, 4.69) is 19.2 Å². The standard InChI is InChI=1S/C25H30ClN3O3S/c1-5-32-14-8-13-29-24(31)20-12-11-18(26)15-22(20)28-25(29)33-17(4)23(30)27-21-10-7-6-9-19(21)16(2)3/h6-7,9-12,15-17H,5,8,13-14H2,1-4H3,(H,27,30). The summed E-state index contributed by atoms with van der Waals surface area (Å²) >= 11 is 7.40. The van der Waals surface area contributed by atoms with Crippen LogP contribution in [0.5, 0.6) is 0 Å². The molecule has 0 aliphatic rings. The van der Waals surface area contributed by atoms with Gasteiger partial charge in [0.1, 0.15) is 0 Å². The van der Waals surface area contributed by atoms with Crippen LogP contribution in [0.1, 0.15) is 45.6 Å². The molecule has 1 N–H and O–H groups in total. The summed E-state index contributed by atoms with van der Waals surface area (Å²) in [7, 11) is 0. The molecular formula is C25H30ClN3O3S. The molecule has 0 bridgehead atoms. The monoisotopic (exact) mass is 487 g/mol. The van der Waals surface area contributed by atoms with Crippen LogP contribution in [0, 0.1) is 0 Å². The Hall–Kier alpha value is -2.35. The number of aromatic nitrogens is 2. The van der Waals surface area contributed by atoms with Crippen molar-refractivity contribution in [2.45, 2.75) is 57.0 Å². The van der Waals surface area contributed by atoms with E-state index in [4.69, 9.17) is 21.3 Å². The van der Waals surface area contributed by atoms with Crippen molar-refractivity contribution in [1.29, 1.82) is 0 Å². The van der Waals surface area contributed by atoms with Gasteiger partial charge in [-0.1, -0.05) is 55.4 Å². The Labute approximate surface area is 203 Å². The molecule has 3 rings (SSSR count). The van der Waals surface area contributed by atoms with Gasteiger partial charge in [-0.05, 0) is 56.0 Å². The van der Waals surface area contributed by atoms with Gasteiger partial charge in [-0.15, -0.1) is 0 Å². The molecule has 0 fully saturated rings. The van der Waals surface area contributed by atoms with E-state index in [0.29, 0.717) is 47.3 Å². The second-order valence-electron chi connectivity index (χ2n) is 8.05. The summed E-state index contributed by atoms with van der Waals surface area (Å²) in [6, 6.07) is 12.9. The Bertz CT molecular complexity index is 1180. The lowest BCUT2D eigenvalue weighted by Crippen LogP contribution is -2.27. The van der Waals surface area contributed by atoms with Crippen LogP contribution in [0.15, 0.2) is 52.4 Å². The number of para-hydroxylation sites is 1. The van der Waals surface area contributed by atoms with Gasteiger partial charge in [-0.2, -0.15) is 0 Å². The van der Waals surface area contributed by atoms with Crippen LogP contribution in [-0.4, -0.2) is 33.9 Å². The normalized spacial score (nSPS) is 12.3. The van der Waals surface area contributed by atoms with E-state index in [9.17, 15) is 9.59 Å². The molecule has 1 atom stereocenters. The number of nitrogens with one attached hydrogen (secondary N) is 1. The summed E-state index contributed by atoms with van der Waals surface area (Å²) < 4.78 is 7.06. The molecule has 6 nitrogen and oxygen atoms in total. The number of anilines is 1. The van der Waals surface area contributed by atoms with Gasteiger partial charge in [0.2, 0.25) is 5.91 Å². The van der Waals surface area contributed by atoms with Gasteiger partial charge in [-0.3, -0.25) is 14.2 Å². The minimum absolute atomic E-state index is 0.144. The highest BCUT2D eigenvalue weighted by atomic mass is 35.5. The molecule has 1 unspecified atom stereocenters. The van der Waals surface area contributed by atoms with Crippen molar-refractivity contribution in [3.8, 4) is 0 Å². The molecule has 0 saturated carbocycles. The van der Waals surface area contributed by atoms with Crippen molar-refractivity contribution in [3.63, 3.8) is 0 Å². The molecule has 0 spiro atoms. The predicted molar refractivity (Wildman–Crippen MR) is 137 cm³/mol. The number of carbonyl (C=O) groups excluding carboxylic acids is 1. The van der Waals surface area contributed by atoms with E-state index in [1.54, 1.807) is 22.8 Å². The molecule has 0 radical (unpaired) electrons. The zero-order valence-electron chi connectivity index (χ0n) is 19.4. The van der Waals surface area contributed by atoms with E-state index in [1.165, 1.54) is 11.8 Å². The van der Waals surface area contributed by atoms with Crippen LogP contribution in [0.4, 0.5) is 5.69 Å².